The Bertz CT molecular complexity index is 635. The van der Waals surface area contributed by atoms with E-state index in [0.29, 0.717) is 25.6 Å². The van der Waals surface area contributed by atoms with Crippen LogP contribution in [0.1, 0.15) is 12.0 Å². The molecule has 1 heterocycles. The Balaban J connectivity index is 0.00000288. The third kappa shape index (κ3) is 6.56. The van der Waals surface area contributed by atoms with Crippen LogP contribution < -0.4 is 5.32 Å². The van der Waals surface area contributed by atoms with Gasteiger partial charge in [-0.15, -0.1) is 24.0 Å². The molecule has 1 unspecified atom stereocenters. The highest BCUT2D eigenvalue weighted by Gasteiger charge is 2.28. The maximum absolute atomic E-state index is 11.6. The Morgan fingerprint density at radius 2 is 2.00 bits per heavy atom. The highest BCUT2D eigenvalue weighted by Crippen LogP contribution is 2.17. The molecule has 0 amide bonds. The number of hydrogen-bond acceptors (Lipinski definition) is 3. The number of nitrogens with one attached hydrogen (secondary N) is 1. The fourth-order valence-electron chi connectivity index (χ4n) is 2.61. The average Bonchev–Trinajstić information content (AvgIpc) is 2.97. The third-order valence-corrected chi connectivity index (χ3v) is 5.21. The van der Waals surface area contributed by atoms with Gasteiger partial charge in [0.1, 0.15) is 0 Å². The molecule has 24 heavy (non-hydrogen) atoms. The number of halogens is 1. The molecule has 0 spiro atoms. The van der Waals surface area contributed by atoms with Crippen molar-refractivity contribution in [3.8, 4) is 0 Å². The Labute approximate surface area is 162 Å². The Kier molecular flexibility index (Phi) is 8.44. The maximum atomic E-state index is 11.6. The topological polar surface area (TPSA) is 65.0 Å². The molecule has 1 fully saturated rings. The molecule has 0 bridgehead atoms. The van der Waals surface area contributed by atoms with Crippen molar-refractivity contribution in [1.82, 2.24) is 14.5 Å². The first-order valence-corrected chi connectivity index (χ1v) is 9.66. The Morgan fingerprint density at radius 3 is 2.54 bits per heavy atom. The van der Waals surface area contributed by atoms with Crippen molar-refractivity contribution in [1.29, 1.82) is 0 Å². The summed E-state index contributed by atoms with van der Waals surface area (Å²) in [6.07, 6.45) is 2.16. The van der Waals surface area contributed by atoms with Gasteiger partial charge in [-0.1, -0.05) is 30.3 Å². The molecule has 1 aliphatic rings. The van der Waals surface area contributed by atoms with Crippen LogP contribution in [-0.2, 0) is 16.6 Å². The van der Waals surface area contributed by atoms with Crippen molar-refractivity contribution in [2.24, 2.45) is 10.9 Å². The van der Waals surface area contributed by atoms with E-state index in [2.05, 4.69) is 22.4 Å². The molecular weight excluding hydrogens is 439 g/mol. The number of guanidine groups is 1. The normalized spacial score (nSPS) is 19.0. The lowest BCUT2D eigenvalue weighted by Gasteiger charge is -2.20. The number of nitrogens with zero attached hydrogens (tertiary/aromatic N) is 3. The summed E-state index contributed by atoms with van der Waals surface area (Å²) < 4.78 is 24.7. The van der Waals surface area contributed by atoms with Gasteiger partial charge in [-0.05, 0) is 17.9 Å². The fourth-order valence-corrected chi connectivity index (χ4v) is 3.52. The minimum Gasteiger partial charge on any atom is -0.356 e. The average molecular weight is 466 g/mol. The smallest absolute Gasteiger partial charge is 0.211 e. The Hall–Kier alpha value is -0.870. The van der Waals surface area contributed by atoms with E-state index in [1.807, 2.05) is 37.2 Å². The van der Waals surface area contributed by atoms with Gasteiger partial charge in [0.05, 0.1) is 12.8 Å². The van der Waals surface area contributed by atoms with Crippen LogP contribution in [0, 0.1) is 5.92 Å². The molecule has 136 valence electrons. The standard InChI is InChI=1S/C16H26N4O2S.HI/c1-19(2)16(17-11-14-7-5-4-6-8-14)18-12-15-9-10-20(13-15)23(3,21)22;/h4-8,15H,9-13H2,1-3H3,(H,17,18);1H. The monoisotopic (exact) mass is 466 g/mol. The van der Waals surface area contributed by atoms with Gasteiger partial charge in [-0.25, -0.2) is 17.7 Å². The molecular formula is C16H27IN4O2S. The summed E-state index contributed by atoms with van der Waals surface area (Å²) in [7, 11) is 0.834. The van der Waals surface area contributed by atoms with Crippen LogP contribution in [0.3, 0.4) is 0 Å². The van der Waals surface area contributed by atoms with Gasteiger partial charge in [-0.2, -0.15) is 0 Å². The first-order chi connectivity index (χ1) is 10.9. The van der Waals surface area contributed by atoms with Gasteiger partial charge in [0.2, 0.25) is 10.0 Å². The number of aliphatic imine (C=N–C) groups is 1. The van der Waals surface area contributed by atoms with Crippen LogP contribution in [0.2, 0.25) is 0 Å². The molecule has 1 aromatic carbocycles. The number of sulfonamides is 1. The summed E-state index contributed by atoms with van der Waals surface area (Å²) >= 11 is 0. The van der Waals surface area contributed by atoms with Crippen molar-refractivity contribution in [3.05, 3.63) is 35.9 Å². The van der Waals surface area contributed by atoms with Crippen molar-refractivity contribution in [3.63, 3.8) is 0 Å². The zero-order valence-corrected chi connectivity index (χ0v) is 17.6. The highest BCUT2D eigenvalue weighted by molar-refractivity contribution is 14.0. The van der Waals surface area contributed by atoms with E-state index in [1.165, 1.54) is 6.26 Å². The van der Waals surface area contributed by atoms with Gasteiger partial charge < -0.3 is 10.2 Å². The first kappa shape index (κ1) is 21.2. The van der Waals surface area contributed by atoms with E-state index in [0.717, 1.165) is 24.5 Å². The third-order valence-electron chi connectivity index (χ3n) is 3.94. The van der Waals surface area contributed by atoms with Gasteiger partial charge in [0.15, 0.2) is 5.96 Å². The molecule has 2 rings (SSSR count). The van der Waals surface area contributed by atoms with Crippen LogP contribution in [0.4, 0.5) is 0 Å². The molecule has 0 radical (unpaired) electrons. The van der Waals surface area contributed by atoms with Gasteiger partial charge >= 0.3 is 0 Å². The molecule has 0 saturated carbocycles. The number of benzene rings is 1. The molecule has 0 aliphatic carbocycles. The minimum absolute atomic E-state index is 0. The predicted molar refractivity (Wildman–Crippen MR) is 109 cm³/mol. The van der Waals surface area contributed by atoms with Crippen molar-refractivity contribution < 1.29 is 8.42 Å². The van der Waals surface area contributed by atoms with Crippen LogP contribution in [0.25, 0.3) is 0 Å². The van der Waals surface area contributed by atoms with E-state index < -0.39 is 10.0 Å². The highest BCUT2D eigenvalue weighted by atomic mass is 127. The second kappa shape index (κ2) is 9.57. The maximum Gasteiger partial charge on any atom is 0.211 e. The first-order valence-electron chi connectivity index (χ1n) is 7.81. The van der Waals surface area contributed by atoms with Crippen LogP contribution in [0.5, 0.6) is 0 Å². The summed E-state index contributed by atoms with van der Waals surface area (Å²) in [4.78, 5) is 6.57. The largest absolute Gasteiger partial charge is 0.356 e. The fraction of sp³-hybridized carbons (Fsp3) is 0.562. The number of hydrogen-bond donors (Lipinski definition) is 1. The van der Waals surface area contributed by atoms with Gasteiger partial charge in [0.25, 0.3) is 0 Å². The zero-order valence-electron chi connectivity index (χ0n) is 14.5. The van der Waals surface area contributed by atoms with E-state index in [9.17, 15) is 8.42 Å². The molecule has 0 aromatic heterocycles. The molecule has 1 saturated heterocycles. The van der Waals surface area contributed by atoms with Crippen molar-refractivity contribution in [2.45, 2.75) is 13.0 Å². The summed E-state index contributed by atoms with van der Waals surface area (Å²) in [6, 6.07) is 10.1. The lowest BCUT2D eigenvalue weighted by atomic mass is 10.1. The van der Waals surface area contributed by atoms with Gasteiger partial charge in [0, 0.05) is 33.7 Å². The molecule has 1 N–H and O–H groups in total. The van der Waals surface area contributed by atoms with Crippen molar-refractivity contribution in [2.75, 3.05) is 40.0 Å². The summed E-state index contributed by atoms with van der Waals surface area (Å²) in [5, 5.41) is 3.36. The molecule has 6 nitrogen and oxygen atoms in total. The minimum atomic E-state index is -3.07. The van der Waals surface area contributed by atoms with E-state index in [1.54, 1.807) is 4.31 Å². The summed E-state index contributed by atoms with van der Waals surface area (Å²) in [5.41, 5.74) is 1.16. The van der Waals surface area contributed by atoms with Crippen LogP contribution in [0.15, 0.2) is 35.3 Å². The summed E-state index contributed by atoms with van der Waals surface area (Å²) in [6.45, 7) is 2.56. The van der Waals surface area contributed by atoms with E-state index >= 15 is 0 Å². The van der Waals surface area contributed by atoms with Gasteiger partial charge in [-0.3, -0.25) is 0 Å². The molecule has 1 aliphatic heterocycles. The molecule has 1 atom stereocenters. The second-order valence-electron chi connectivity index (χ2n) is 6.18. The number of rotatable bonds is 5. The van der Waals surface area contributed by atoms with Crippen LogP contribution in [-0.4, -0.2) is 63.6 Å². The predicted octanol–water partition coefficient (Wildman–Crippen LogP) is 1.59. The second-order valence-corrected chi connectivity index (χ2v) is 8.16. The van der Waals surface area contributed by atoms with E-state index in [-0.39, 0.29) is 24.0 Å². The quantitative estimate of drug-likeness (QED) is 0.407. The SMILES string of the molecule is CN(C)C(=NCc1ccccc1)NCC1CCN(S(C)(=O)=O)C1.I. The van der Waals surface area contributed by atoms with Crippen molar-refractivity contribution >= 4 is 40.0 Å². The molecule has 8 heteroatoms. The zero-order chi connectivity index (χ0) is 16.9. The summed E-state index contributed by atoms with van der Waals surface area (Å²) in [5.74, 6) is 1.15. The van der Waals surface area contributed by atoms with Crippen LogP contribution >= 0.6 is 24.0 Å². The lowest BCUT2D eigenvalue weighted by Crippen LogP contribution is -2.39. The Morgan fingerprint density at radius 1 is 1.33 bits per heavy atom. The molecule has 1 aromatic rings. The lowest BCUT2D eigenvalue weighted by molar-refractivity contribution is 0.455. The van der Waals surface area contributed by atoms with E-state index in [4.69, 9.17) is 0 Å².